The fourth-order valence-electron chi connectivity index (χ4n) is 1.61. The van der Waals surface area contributed by atoms with E-state index in [-0.39, 0.29) is 5.91 Å². The highest BCUT2D eigenvalue weighted by Crippen LogP contribution is 2.21. The van der Waals surface area contributed by atoms with Crippen molar-refractivity contribution in [2.45, 2.75) is 20.3 Å². The molecule has 0 saturated heterocycles. The van der Waals surface area contributed by atoms with Crippen LogP contribution in [0.15, 0.2) is 18.2 Å². The van der Waals surface area contributed by atoms with Crippen LogP contribution in [0.2, 0.25) is 10.0 Å². The number of hydrogen-bond donors (Lipinski definition) is 0. The molecule has 1 aromatic rings. The van der Waals surface area contributed by atoms with Crippen LogP contribution in [0.25, 0.3) is 0 Å². The van der Waals surface area contributed by atoms with Gasteiger partial charge in [0.25, 0.3) is 0 Å². The maximum atomic E-state index is 11.9. The van der Waals surface area contributed by atoms with Crippen molar-refractivity contribution in [3.05, 3.63) is 33.8 Å². The Morgan fingerprint density at radius 2 is 2.00 bits per heavy atom. The summed E-state index contributed by atoms with van der Waals surface area (Å²) in [6, 6.07) is 5.21. The summed E-state index contributed by atoms with van der Waals surface area (Å²) in [6.07, 6.45) is 0.319. The zero-order chi connectivity index (χ0) is 13.0. The normalized spacial score (nSPS) is 10.7. The van der Waals surface area contributed by atoms with Crippen molar-refractivity contribution < 1.29 is 4.79 Å². The maximum Gasteiger partial charge on any atom is 0.226 e. The Morgan fingerprint density at radius 3 is 2.53 bits per heavy atom. The molecule has 17 heavy (non-hydrogen) atoms. The van der Waals surface area contributed by atoms with Crippen LogP contribution < -0.4 is 0 Å². The van der Waals surface area contributed by atoms with E-state index in [2.05, 4.69) is 13.8 Å². The summed E-state index contributed by atoms with van der Waals surface area (Å²) in [4.78, 5) is 13.7. The molecular formula is C13H17Cl2NO. The van der Waals surface area contributed by atoms with Crippen molar-refractivity contribution in [3.63, 3.8) is 0 Å². The van der Waals surface area contributed by atoms with Crippen molar-refractivity contribution in [1.82, 2.24) is 4.90 Å². The molecular weight excluding hydrogens is 257 g/mol. The fraction of sp³-hybridized carbons (Fsp3) is 0.462. The van der Waals surface area contributed by atoms with Crippen molar-refractivity contribution in [2.24, 2.45) is 5.92 Å². The third-order valence-electron chi connectivity index (χ3n) is 2.42. The molecule has 0 saturated carbocycles. The van der Waals surface area contributed by atoms with E-state index < -0.39 is 0 Å². The summed E-state index contributed by atoms with van der Waals surface area (Å²) in [7, 11) is 1.81. The van der Waals surface area contributed by atoms with E-state index in [0.717, 1.165) is 12.1 Å². The first-order valence-corrected chi connectivity index (χ1v) is 6.33. The van der Waals surface area contributed by atoms with Crippen LogP contribution in [0.5, 0.6) is 0 Å². The van der Waals surface area contributed by atoms with Gasteiger partial charge in [0.1, 0.15) is 0 Å². The molecule has 1 amide bonds. The average molecular weight is 274 g/mol. The van der Waals surface area contributed by atoms with E-state index in [0.29, 0.717) is 22.4 Å². The number of hydrogen-bond acceptors (Lipinski definition) is 1. The van der Waals surface area contributed by atoms with E-state index in [1.165, 1.54) is 0 Å². The second kappa shape index (κ2) is 6.27. The first kappa shape index (κ1) is 14.3. The minimum atomic E-state index is 0.0722. The van der Waals surface area contributed by atoms with E-state index >= 15 is 0 Å². The second-order valence-electron chi connectivity index (χ2n) is 4.58. The van der Waals surface area contributed by atoms with Gasteiger partial charge in [-0.05, 0) is 23.6 Å². The molecule has 0 spiro atoms. The third kappa shape index (κ3) is 4.57. The molecule has 0 bridgehead atoms. The van der Waals surface area contributed by atoms with Crippen LogP contribution in [-0.4, -0.2) is 24.4 Å². The number of carbonyl (C=O) groups excluding carboxylic acids is 1. The van der Waals surface area contributed by atoms with Crippen LogP contribution >= 0.6 is 23.2 Å². The highest BCUT2D eigenvalue weighted by Gasteiger charge is 2.12. The SMILES string of the molecule is CC(C)CN(C)C(=O)Cc1ccc(Cl)cc1Cl. The number of rotatable bonds is 4. The summed E-state index contributed by atoms with van der Waals surface area (Å²) in [5.41, 5.74) is 0.816. The molecule has 0 heterocycles. The Kier molecular flexibility index (Phi) is 5.29. The summed E-state index contributed by atoms with van der Waals surface area (Å²) in [5, 5.41) is 1.13. The first-order valence-electron chi connectivity index (χ1n) is 5.58. The second-order valence-corrected chi connectivity index (χ2v) is 5.42. The summed E-state index contributed by atoms with van der Waals surface area (Å²) in [6.45, 7) is 4.92. The Hall–Kier alpha value is -0.730. The molecule has 0 aliphatic carbocycles. The zero-order valence-electron chi connectivity index (χ0n) is 10.3. The monoisotopic (exact) mass is 273 g/mol. The van der Waals surface area contributed by atoms with Crippen molar-refractivity contribution in [1.29, 1.82) is 0 Å². The molecule has 0 fully saturated rings. The van der Waals surface area contributed by atoms with Crippen molar-refractivity contribution >= 4 is 29.1 Å². The topological polar surface area (TPSA) is 20.3 Å². The Labute approximate surface area is 113 Å². The van der Waals surface area contributed by atoms with Crippen LogP contribution in [-0.2, 0) is 11.2 Å². The fourth-order valence-corrected chi connectivity index (χ4v) is 2.09. The summed E-state index contributed by atoms with van der Waals surface area (Å²) in [5.74, 6) is 0.535. The predicted molar refractivity (Wildman–Crippen MR) is 72.6 cm³/mol. The van der Waals surface area contributed by atoms with Gasteiger partial charge in [-0.15, -0.1) is 0 Å². The molecule has 0 unspecified atom stereocenters. The third-order valence-corrected chi connectivity index (χ3v) is 3.01. The van der Waals surface area contributed by atoms with Crippen molar-refractivity contribution in [2.75, 3.05) is 13.6 Å². The van der Waals surface area contributed by atoms with Gasteiger partial charge in [-0.2, -0.15) is 0 Å². The smallest absolute Gasteiger partial charge is 0.226 e. The average Bonchev–Trinajstić information content (AvgIpc) is 2.21. The summed E-state index contributed by atoms with van der Waals surface area (Å²) >= 11 is 11.8. The van der Waals surface area contributed by atoms with E-state index in [1.807, 2.05) is 7.05 Å². The molecule has 0 N–H and O–H groups in total. The number of carbonyl (C=O) groups is 1. The lowest BCUT2D eigenvalue weighted by atomic mass is 10.1. The molecule has 0 atom stereocenters. The number of nitrogens with zero attached hydrogens (tertiary/aromatic N) is 1. The van der Waals surface area contributed by atoms with Gasteiger partial charge in [0.2, 0.25) is 5.91 Å². The lowest BCUT2D eigenvalue weighted by Crippen LogP contribution is -2.31. The largest absolute Gasteiger partial charge is 0.345 e. The van der Waals surface area contributed by atoms with Gasteiger partial charge >= 0.3 is 0 Å². The quantitative estimate of drug-likeness (QED) is 0.820. The molecule has 0 aliphatic rings. The van der Waals surface area contributed by atoms with Gasteiger partial charge < -0.3 is 4.90 Å². The minimum absolute atomic E-state index is 0.0722. The van der Waals surface area contributed by atoms with Gasteiger partial charge in [-0.25, -0.2) is 0 Å². The van der Waals surface area contributed by atoms with E-state index in [4.69, 9.17) is 23.2 Å². The minimum Gasteiger partial charge on any atom is -0.345 e. The lowest BCUT2D eigenvalue weighted by Gasteiger charge is -2.19. The molecule has 0 aromatic heterocycles. The Balaban J connectivity index is 2.67. The number of halogens is 2. The van der Waals surface area contributed by atoms with Gasteiger partial charge in [-0.3, -0.25) is 4.79 Å². The number of benzene rings is 1. The highest BCUT2D eigenvalue weighted by atomic mass is 35.5. The Bertz CT molecular complexity index is 404. The predicted octanol–water partition coefficient (Wildman–Crippen LogP) is 3.65. The maximum absolute atomic E-state index is 11.9. The van der Waals surface area contributed by atoms with Crippen LogP contribution in [0.3, 0.4) is 0 Å². The van der Waals surface area contributed by atoms with Crippen LogP contribution in [0.1, 0.15) is 19.4 Å². The Morgan fingerprint density at radius 1 is 1.35 bits per heavy atom. The summed E-state index contributed by atoms with van der Waals surface area (Å²) < 4.78 is 0. The van der Waals surface area contributed by atoms with Crippen LogP contribution in [0, 0.1) is 5.92 Å². The lowest BCUT2D eigenvalue weighted by molar-refractivity contribution is -0.129. The van der Waals surface area contributed by atoms with Gasteiger partial charge in [0, 0.05) is 23.6 Å². The molecule has 0 aliphatic heterocycles. The standard InChI is InChI=1S/C13H17Cl2NO/c1-9(2)8-16(3)13(17)6-10-4-5-11(14)7-12(10)15/h4-5,7,9H,6,8H2,1-3H3. The highest BCUT2D eigenvalue weighted by molar-refractivity contribution is 6.35. The van der Waals surface area contributed by atoms with Gasteiger partial charge in [0.05, 0.1) is 6.42 Å². The van der Waals surface area contributed by atoms with E-state index in [1.54, 1.807) is 23.1 Å². The zero-order valence-corrected chi connectivity index (χ0v) is 11.8. The van der Waals surface area contributed by atoms with Crippen molar-refractivity contribution in [3.8, 4) is 0 Å². The molecule has 1 rings (SSSR count). The number of amides is 1. The first-order chi connectivity index (χ1) is 7.90. The molecule has 4 heteroatoms. The van der Waals surface area contributed by atoms with Gasteiger partial charge in [-0.1, -0.05) is 43.1 Å². The number of likely N-dealkylation sites (N-methyl/N-ethyl adjacent to an activating group) is 1. The molecule has 2 nitrogen and oxygen atoms in total. The molecule has 1 aromatic carbocycles. The van der Waals surface area contributed by atoms with Crippen LogP contribution in [0.4, 0.5) is 0 Å². The molecule has 0 radical (unpaired) electrons. The molecule has 94 valence electrons. The van der Waals surface area contributed by atoms with E-state index in [9.17, 15) is 4.79 Å². The van der Waals surface area contributed by atoms with Gasteiger partial charge in [0.15, 0.2) is 0 Å².